The Kier molecular flexibility index (Phi) is 7.33. The lowest BCUT2D eigenvalue weighted by molar-refractivity contribution is -0.137. The SMILES string of the molecule is C=CCN1C(=O)N[C@@H](c2ccc(C)cc2C)C2=C1CN([C@H](CC(C)C)C(=O)NCc1ccco1)C2=O. The molecule has 0 bridgehead atoms. The lowest BCUT2D eigenvalue weighted by Gasteiger charge is -2.33. The van der Waals surface area contributed by atoms with Gasteiger partial charge in [0.25, 0.3) is 5.91 Å². The molecule has 1 aromatic carbocycles. The van der Waals surface area contributed by atoms with Gasteiger partial charge in [0, 0.05) is 6.54 Å². The number of nitrogens with zero attached hydrogens (tertiary/aromatic N) is 2. The largest absolute Gasteiger partial charge is 0.467 e. The number of carbonyl (C=O) groups excluding carboxylic acids is 3. The van der Waals surface area contributed by atoms with E-state index in [-0.39, 0.29) is 43.4 Å². The number of urea groups is 1. The minimum Gasteiger partial charge on any atom is -0.467 e. The van der Waals surface area contributed by atoms with Crippen LogP contribution in [0.2, 0.25) is 0 Å². The summed E-state index contributed by atoms with van der Waals surface area (Å²) in [6, 6.07) is 7.98. The van der Waals surface area contributed by atoms with E-state index in [4.69, 9.17) is 4.42 Å². The number of hydrogen-bond acceptors (Lipinski definition) is 4. The Morgan fingerprint density at radius 1 is 1.28 bits per heavy atom. The Balaban J connectivity index is 1.68. The van der Waals surface area contributed by atoms with Crippen LogP contribution in [0.5, 0.6) is 0 Å². The fourth-order valence-corrected chi connectivity index (χ4v) is 5.00. The molecular weight excluding hydrogens is 456 g/mol. The van der Waals surface area contributed by atoms with E-state index in [1.165, 1.54) is 0 Å². The van der Waals surface area contributed by atoms with Crippen molar-refractivity contribution in [1.29, 1.82) is 0 Å². The van der Waals surface area contributed by atoms with Gasteiger partial charge >= 0.3 is 6.03 Å². The van der Waals surface area contributed by atoms with Gasteiger partial charge in [-0.1, -0.05) is 43.7 Å². The molecule has 0 radical (unpaired) electrons. The van der Waals surface area contributed by atoms with E-state index in [0.29, 0.717) is 23.5 Å². The normalized spacial score (nSPS) is 18.4. The Morgan fingerprint density at radius 2 is 2.06 bits per heavy atom. The number of amides is 4. The molecule has 4 amide bonds. The third-order valence-corrected chi connectivity index (χ3v) is 6.69. The zero-order valence-corrected chi connectivity index (χ0v) is 21.3. The molecule has 0 aliphatic carbocycles. The van der Waals surface area contributed by atoms with Crippen molar-refractivity contribution < 1.29 is 18.8 Å². The lowest BCUT2D eigenvalue weighted by Crippen LogP contribution is -2.49. The lowest BCUT2D eigenvalue weighted by atomic mass is 9.91. The summed E-state index contributed by atoms with van der Waals surface area (Å²) in [5, 5.41) is 5.94. The van der Waals surface area contributed by atoms with Gasteiger partial charge in [-0.15, -0.1) is 6.58 Å². The number of carbonyl (C=O) groups is 3. The first-order valence-electron chi connectivity index (χ1n) is 12.3. The summed E-state index contributed by atoms with van der Waals surface area (Å²) in [5.41, 5.74) is 4.10. The van der Waals surface area contributed by atoms with Crippen molar-refractivity contribution in [3.05, 3.63) is 83.0 Å². The summed E-state index contributed by atoms with van der Waals surface area (Å²) in [4.78, 5) is 43.6. The Morgan fingerprint density at radius 3 is 2.69 bits per heavy atom. The van der Waals surface area contributed by atoms with E-state index in [9.17, 15) is 14.4 Å². The molecule has 2 N–H and O–H groups in total. The second-order valence-electron chi connectivity index (χ2n) is 9.88. The standard InChI is InChI=1S/C28H34N4O4/c1-6-11-31-23-16-32(22(13-17(2)3)26(33)29-15-20-8-7-12-36-20)27(34)24(23)25(30-28(31)35)21-10-9-18(4)14-19(21)5/h6-10,12,14,17,22,25H,1,11,13,15-16H2,2-5H3,(H,29,33)(H,30,35)/t22-,25+/m1/s1. The van der Waals surface area contributed by atoms with Crippen LogP contribution in [0.1, 0.15) is 48.8 Å². The topological polar surface area (TPSA) is 94.9 Å². The zero-order chi connectivity index (χ0) is 26.0. The highest BCUT2D eigenvalue weighted by Crippen LogP contribution is 2.38. The predicted molar refractivity (Wildman–Crippen MR) is 137 cm³/mol. The molecule has 190 valence electrons. The van der Waals surface area contributed by atoms with E-state index >= 15 is 0 Å². The first-order chi connectivity index (χ1) is 17.2. The van der Waals surface area contributed by atoms with Gasteiger partial charge in [-0.3, -0.25) is 14.5 Å². The average molecular weight is 491 g/mol. The Labute approximate surface area is 212 Å². The van der Waals surface area contributed by atoms with E-state index in [1.54, 1.807) is 34.3 Å². The van der Waals surface area contributed by atoms with E-state index in [1.807, 2.05) is 45.9 Å². The van der Waals surface area contributed by atoms with Crippen molar-refractivity contribution in [3.8, 4) is 0 Å². The van der Waals surface area contributed by atoms with E-state index in [0.717, 1.165) is 16.7 Å². The van der Waals surface area contributed by atoms with Gasteiger partial charge in [0.1, 0.15) is 11.8 Å². The van der Waals surface area contributed by atoms with Gasteiger partial charge < -0.3 is 20.0 Å². The second kappa shape index (κ2) is 10.4. The van der Waals surface area contributed by atoms with Crippen LogP contribution in [0.3, 0.4) is 0 Å². The summed E-state index contributed by atoms with van der Waals surface area (Å²) in [6.07, 6.45) is 3.68. The van der Waals surface area contributed by atoms with Gasteiger partial charge in [0.15, 0.2) is 0 Å². The van der Waals surface area contributed by atoms with E-state index < -0.39 is 12.1 Å². The maximum Gasteiger partial charge on any atom is 0.322 e. The van der Waals surface area contributed by atoms with Gasteiger partial charge in [0.2, 0.25) is 5.91 Å². The van der Waals surface area contributed by atoms with E-state index in [2.05, 4.69) is 17.2 Å². The molecular formula is C28H34N4O4. The van der Waals surface area contributed by atoms with Gasteiger partial charge in [-0.05, 0) is 49.4 Å². The second-order valence-corrected chi connectivity index (χ2v) is 9.88. The first kappa shape index (κ1) is 25.3. The maximum absolute atomic E-state index is 14.0. The molecule has 0 unspecified atom stereocenters. The number of hydrogen-bond donors (Lipinski definition) is 2. The summed E-state index contributed by atoms with van der Waals surface area (Å²) in [6.45, 7) is 12.5. The molecule has 2 atom stereocenters. The Bertz CT molecular complexity index is 1200. The highest BCUT2D eigenvalue weighted by Gasteiger charge is 2.47. The molecule has 3 heterocycles. The fraction of sp³-hybridized carbons (Fsp3) is 0.393. The maximum atomic E-state index is 14.0. The highest BCUT2D eigenvalue weighted by atomic mass is 16.3. The highest BCUT2D eigenvalue weighted by molar-refractivity contribution is 6.03. The smallest absolute Gasteiger partial charge is 0.322 e. The van der Waals surface area contributed by atoms with Crippen molar-refractivity contribution in [3.63, 3.8) is 0 Å². The molecule has 0 spiro atoms. The third-order valence-electron chi connectivity index (χ3n) is 6.69. The third kappa shape index (κ3) is 4.94. The first-order valence-corrected chi connectivity index (χ1v) is 12.3. The molecule has 2 aliphatic rings. The zero-order valence-electron chi connectivity index (χ0n) is 21.3. The number of aryl methyl sites for hydroxylation is 2. The molecule has 0 fully saturated rings. The quantitative estimate of drug-likeness (QED) is 0.520. The van der Waals surface area contributed by atoms with Crippen molar-refractivity contribution in [2.45, 2.75) is 52.7 Å². The molecule has 0 saturated heterocycles. The number of benzene rings is 1. The molecule has 8 heteroatoms. The van der Waals surface area contributed by atoms with Crippen molar-refractivity contribution >= 4 is 17.8 Å². The van der Waals surface area contributed by atoms with Crippen LogP contribution < -0.4 is 10.6 Å². The van der Waals surface area contributed by atoms with Crippen molar-refractivity contribution in [2.24, 2.45) is 5.92 Å². The van der Waals surface area contributed by atoms with Crippen molar-refractivity contribution in [2.75, 3.05) is 13.1 Å². The minimum atomic E-state index is -0.682. The molecule has 8 nitrogen and oxygen atoms in total. The van der Waals surface area contributed by atoms with Crippen LogP contribution in [0.15, 0.2) is 64.9 Å². The van der Waals surface area contributed by atoms with Crippen LogP contribution in [0.4, 0.5) is 4.79 Å². The molecule has 1 aromatic heterocycles. The molecule has 36 heavy (non-hydrogen) atoms. The van der Waals surface area contributed by atoms with Crippen molar-refractivity contribution in [1.82, 2.24) is 20.4 Å². The summed E-state index contributed by atoms with van der Waals surface area (Å²) in [7, 11) is 0. The Hall–Kier alpha value is -3.81. The minimum absolute atomic E-state index is 0.175. The number of furan rings is 1. The predicted octanol–water partition coefficient (Wildman–Crippen LogP) is 3.98. The van der Waals surface area contributed by atoms with Crippen LogP contribution >= 0.6 is 0 Å². The van der Waals surface area contributed by atoms with Gasteiger partial charge in [-0.2, -0.15) is 0 Å². The molecule has 4 rings (SSSR count). The number of nitrogens with one attached hydrogen (secondary N) is 2. The van der Waals surface area contributed by atoms with Crippen LogP contribution in [-0.2, 0) is 16.1 Å². The van der Waals surface area contributed by atoms with Crippen LogP contribution in [0, 0.1) is 19.8 Å². The van der Waals surface area contributed by atoms with Gasteiger partial charge in [0.05, 0.1) is 36.7 Å². The fourth-order valence-electron chi connectivity index (χ4n) is 5.00. The molecule has 2 aromatic rings. The van der Waals surface area contributed by atoms with Crippen LogP contribution in [-0.4, -0.2) is 46.8 Å². The average Bonchev–Trinajstić information content (AvgIpc) is 3.46. The summed E-state index contributed by atoms with van der Waals surface area (Å²) in [5.74, 6) is 0.335. The molecule has 0 saturated carbocycles. The summed E-state index contributed by atoms with van der Waals surface area (Å²) < 4.78 is 5.34. The summed E-state index contributed by atoms with van der Waals surface area (Å²) >= 11 is 0. The monoisotopic (exact) mass is 490 g/mol. The number of rotatable bonds is 9. The molecule has 2 aliphatic heterocycles. The van der Waals surface area contributed by atoms with Crippen LogP contribution in [0.25, 0.3) is 0 Å². The van der Waals surface area contributed by atoms with Gasteiger partial charge in [-0.25, -0.2) is 4.79 Å².